The number of hydrogen-bond donors (Lipinski definition) is 0. The van der Waals surface area contributed by atoms with E-state index in [0.29, 0.717) is 25.0 Å². The van der Waals surface area contributed by atoms with Crippen LogP contribution < -0.4 is 4.74 Å². The molecule has 1 atom stereocenters. The van der Waals surface area contributed by atoms with Crippen molar-refractivity contribution in [2.24, 2.45) is 10.8 Å². The minimum absolute atomic E-state index is 0.242. The van der Waals surface area contributed by atoms with Gasteiger partial charge in [-0.2, -0.15) is 0 Å². The van der Waals surface area contributed by atoms with Gasteiger partial charge in [0.2, 0.25) is 0 Å². The number of carbonyl (C=O) groups excluding carboxylic acids is 2. The maximum absolute atomic E-state index is 14.4. The third-order valence-electron chi connectivity index (χ3n) is 9.53. The maximum Gasteiger partial charge on any atom is 0.321 e. The molecule has 0 bridgehead atoms. The highest BCUT2D eigenvalue weighted by molar-refractivity contribution is 6.08. The third-order valence-corrected chi connectivity index (χ3v) is 9.53. The van der Waals surface area contributed by atoms with Crippen molar-refractivity contribution in [1.82, 2.24) is 4.57 Å². The summed E-state index contributed by atoms with van der Waals surface area (Å²) in [6.45, 7) is 4.94. The molecule has 230 valence electrons. The van der Waals surface area contributed by atoms with Crippen LogP contribution >= 0.6 is 0 Å². The second-order valence-corrected chi connectivity index (χ2v) is 12.5. The van der Waals surface area contributed by atoms with Crippen LogP contribution in [-0.2, 0) is 20.9 Å². The lowest BCUT2D eigenvalue weighted by Crippen LogP contribution is -2.43. The quantitative estimate of drug-likeness (QED) is 0.125. The van der Waals surface area contributed by atoms with Crippen LogP contribution in [0, 0.1) is 10.8 Å². The van der Waals surface area contributed by atoms with Crippen molar-refractivity contribution >= 4 is 39.8 Å². The summed E-state index contributed by atoms with van der Waals surface area (Å²) in [7, 11) is 1.45. The Morgan fingerprint density at radius 3 is 2.29 bits per heavy atom. The Hall–Kier alpha value is -4.64. The standard InChI is InChI=1S/C40H41NO4/c1-4-41-34-19-11-9-18-32(34)33-27-29(21-22-35(33)41)23-26-39(2,28-40(38(43)44-3)24-13-6-14-25-40)37(42)45-36-20-12-10-17-31(36)30-15-7-5-8-16-30/h5,7-12,15-23,26-27H,4,6,13-14,24-25,28H2,1-3H3/b26-23+. The van der Waals surface area contributed by atoms with E-state index in [0.717, 1.165) is 42.5 Å². The SMILES string of the molecule is CCn1c2ccccc2c2cc(/C=C/C(C)(CC3(C(=O)OC)CCCCC3)C(=O)Oc3ccccc3-c3ccccc3)ccc21. The van der Waals surface area contributed by atoms with E-state index in [9.17, 15) is 9.59 Å². The highest BCUT2D eigenvalue weighted by Crippen LogP contribution is 2.47. The minimum Gasteiger partial charge on any atom is -0.469 e. The van der Waals surface area contributed by atoms with E-state index in [1.54, 1.807) is 0 Å². The van der Waals surface area contributed by atoms with Crippen molar-refractivity contribution in [3.8, 4) is 16.9 Å². The fourth-order valence-electron chi connectivity index (χ4n) is 7.22. The van der Waals surface area contributed by atoms with Gasteiger partial charge < -0.3 is 14.0 Å². The van der Waals surface area contributed by atoms with E-state index < -0.39 is 10.8 Å². The molecule has 1 aromatic heterocycles. The number of benzene rings is 4. The van der Waals surface area contributed by atoms with Crippen LogP contribution in [0.5, 0.6) is 5.75 Å². The van der Waals surface area contributed by atoms with E-state index >= 15 is 0 Å². The monoisotopic (exact) mass is 599 g/mol. The van der Waals surface area contributed by atoms with Crippen LogP contribution in [-0.4, -0.2) is 23.6 Å². The van der Waals surface area contributed by atoms with Gasteiger partial charge in [-0.3, -0.25) is 9.59 Å². The summed E-state index contributed by atoms with van der Waals surface area (Å²) in [5.74, 6) is -0.134. The van der Waals surface area contributed by atoms with Gasteiger partial charge in [0.05, 0.1) is 17.9 Å². The smallest absolute Gasteiger partial charge is 0.321 e. The van der Waals surface area contributed by atoms with Gasteiger partial charge >= 0.3 is 11.9 Å². The molecule has 1 heterocycles. The zero-order valence-electron chi connectivity index (χ0n) is 26.4. The lowest BCUT2D eigenvalue weighted by molar-refractivity contribution is -0.159. The van der Waals surface area contributed by atoms with E-state index in [1.165, 1.54) is 28.9 Å². The molecule has 1 unspecified atom stereocenters. The van der Waals surface area contributed by atoms with Crippen LogP contribution in [0.2, 0.25) is 0 Å². The first-order valence-corrected chi connectivity index (χ1v) is 16.0. The Bertz CT molecular complexity index is 1860. The molecular weight excluding hydrogens is 558 g/mol. The molecule has 5 aromatic rings. The summed E-state index contributed by atoms with van der Waals surface area (Å²) in [6.07, 6.45) is 8.59. The number of methoxy groups -OCH3 is 1. The maximum atomic E-state index is 14.4. The molecular formula is C40H41NO4. The van der Waals surface area contributed by atoms with Gasteiger partial charge in [-0.25, -0.2) is 0 Å². The summed E-state index contributed by atoms with van der Waals surface area (Å²) in [5, 5.41) is 2.38. The summed E-state index contributed by atoms with van der Waals surface area (Å²) >= 11 is 0. The number of esters is 2. The lowest BCUT2D eigenvalue weighted by Gasteiger charge is -2.39. The normalized spacial score (nSPS) is 16.1. The van der Waals surface area contributed by atoms with E-state index in [-0.39, 0.29) is 11.9 Å². The fraction of sp³-hybridized carbons (Fsp3) is 0.300. The molecule has 1 fully saturated rings. The van der Waals surface area contributed by atoms with Gasteiger partial charge in [-0.05, 0) is 68.5 Å². The van der Waals surface area contributed by atoms with Gasteiger partial charge in [0, 0.05) is 33.9 Å². The van der Waals surface area contributed by atoms with Crippen molar-refractivity contribution in [2.75, 3.05) is 7.11 Å². The Balaban J connectivity index is 1.40. The Labute approximate surface area is 265 Å². The molecule has 6 rings (SSSR count). The molecule has 5 heteroatoms. The first kappa shape index (κ1) is 30.4. The van der Waals surface area contributed by atoms with Gasteiger partial charge in [0.1, 0.15) is 5.75 Å². The van der Waals surface area contributed by atoms with E-state index in [4.69, 9.17) is 9.47 Å². The first-order chi connectivity index (χ1) is 21.9. The zero-order valence-corrected chi connectivity index (χ0v) is 26.4. The van der Waals surface area contributed by atoms with Gasteiger partial charge in [0.25, 0.3) is 0 Å². The van der Waals surface area contributed by atoms with Crippen molar-refractivity contribution in [2.45, 2.75) is 58.9 Å². The number of carbonyl (C=O) groups is 2. The molecule has 0 N–H and O–H groups in total. The number of para-hydroxylation sites is 2. The van der Waals surface area contributed by atoms with Crippen molar-refractivity contribution in [3.05, 3.63) is 109 Å². The molecule has 1 aliphatic rings. The molecule has 0 saturated heterocycles. The van der Waals surface area contributed by atoms with Gasteiger partial charge in [-0.15, -0.1) is 0 Å². The Kier molecular flexibility index (Phi) is 8.62. The summed E-state index contributed by atoms with van der Waals surface area (Å²) in [5.41, 5.74) is 3.35. The average Bonchev–Trinajstić information content (AvgIpc) is 3.41. The third kappa shape index (κ3) is 5.92. The van der Waals surface area contributed by atoms with Crippen molar-refractivity contribution in [1.29, 1.82) is 0 Å². The predicted molar refractivity (Wildman–Crippen MR) is 182 cm³/mol. The predicted octanol–water partition coefficient (Wildman–Crippen LogP) is 9.62. The second kappa shape index (κ2) is 12.8. The summed E-state index contributed by atoms with van der Waals surface area (Å²) in [4.78, 5) is 27.7. The number of hydrogen-bond acceptors (Lipinski definition) is 4. The van der Waals surface area contributed by atoms with E-state index in [2.05, 4.69) is 54.0 Å². The number of nitrogens with zero attached hydrogens (tertiary/aromatic N) is 1. The lowest BCUT2D eigenvalue weighted by atomic mass is 9.64. The summed E-state index contributed by atoms with van der Waals surface area (Å²) in [6, 6.07) is 32.4. The number of aryl methyl sites for hydroxylation is 1. The van der Waals surface area contributed by atoms with Crippen LogP contribution in [0.4, 0.5) is 0 Å². The molecule has 0 radical (unpaired) electrons. The topological polar surface area (TPSA) is 57.5 Å². The number of rotatable bonds is 9. The Morgan fingerprint density at radius 1 is 0.844 bits per heavy atom. The molecule has 0 spiro atoms. The Morgan fingerprint density at radius 2 is 1.53 bits per heavy atom. The molecule has 0 aliphatic heterocycles. The highest BCUT2D eigenvalue weighted by Gasteiger charge is 2.48. The van der Waals surface area contributed by atoms with E-state index in [1.807, 2.05) is 73.7 Å². The average molecular weight is 600 g/mol. The van der Waals surface area contributed by atoms with Crippen molar-refractivity contribution < 1.29 is 19.1 Å². The molecule has 45 heavy (non-hydrogen) atoms. The van der Waals surface area contributed by atoms with Crippen LogP contribution in [0.1, 0.15) is 57.9 Å². The fourth-order valence-corrected chi connectivity index (χ4v) is 7.22. The molecule has 1 saturated carbocycles. The first-order valence-electron chi connectivity index (χ1n) is 16.0. The van der Waals surface area contributed by atoms with Gasteiger partial charge in [-0.1, -0.05) is 104 Å². The molecule has 4 aromatic carbocycles. The van der Waals surface area contributed by atoms with Crippen LogP contribution in [0.15, 0.2) is 103 Å². The van der Waals surface area contributed by atoms with Crippen molar-refractivity contribution in [3.63, 3.8) is 0 Å². The van der Waals surface area contributed by atoms with Crippen LogP contribution in [0.3, 0.4) is 0 Å². The molecule has 5 nitrogen and oxygen atoms in total. The zero-order chi connectivity index (χ0) is 31.4. The number of fused-ring (bicyclic) bond motifs is 3. The number of aromatic nitrogens is 1. The number of ether oxygens (including phenoxy) is 2. The van der Waals surface area contributed by atoms with Gasteiger partial charge in [0.15, 0.2) is 0 Å². The van der Waals surface area contributed by atoms with Crippen LogP contribution in [0.25, 0.3) is 39.0 Å². The summed E-state index contributed by atoms with van der Waals surface area (Å²) < 4.78 is 13.9. The second-order valence-electron chi connectivity index (χ2n) is 12.5. The largest absolute Gasteiger partial charge is 0.469 e. The molecule has 0 amide bonds. The minimum atomic E-state index is -1.10. The highest BCUT2D eigenvalue weighted by atomic mass is 16.5. The molecule has 1 aliphatic carbocycles.